The highest BCUT2D eigenvalue weighted by molar-refractivity contribution is 6.18. The van der Waals surface area contributed by atoms with Crippen LogP contribution in [0, 0.1) is 0 Å². The van der Waals surface area contributed by atoms with E-state index < -0.39 is 0 Å². The van der Waals surface area contributed by atoms with Crippen molar-refractivity contribution < 1.29 is 0 Å². The molecule has 3 aliphatic carbocycles. The van der Waals surface area contributed by atoms with Crippen LogP contribution in [0.2, 0.25) is 0 Å². The fourth-order valence-electron chi connectivity index (χ4n) is 25.1. The van der Waals surface area contributed by atoms with Gasteiger partial charge >= 0.3 is 0 Å². The number of hydrogen-bond donors (Lipinski definition) is 0. The van der Waals surface area contributed by atoms with E-state index in [4.69, 9.17) is 15.0 Å². The molecule has 9 nitrogen and oxygen atoms in total. The van der Waals surface area contributed by atoms with Gasteiger partial charge in [0.15, 0.2) is 5.82 Å². The molecule has 7 aromatic heterocycles. The van der Waals surface area contributed by atoms with E-state index in [0.717, 1.165) is 110 Å². The van der Waals surface area contributed by atoms with Crippen molar-refractivity contribution in [2.75, 3.05) is 0 Å². The smallest absolute Gasteiger partial charge is 0.240 e. The molecule has 0 fully saturated rings. The largest absolute Gasteiger partial charge is 0.309 e. The molecule has 3 aliphatic rings. The maximum absolute atomic E-state index is 5.78. The molecule has 0 spiro atoms. The molecule has 0 aliphatic heterocycles. The summed E-state index contributed by atoms with van der Waals surface area (Å²) in [6, 6.07) is 157. The minimum absolute atomic E-state index is 0.115. The highest BCUT2D eigenvalue weighted by Crippen LogP contribution is 2.55. The van der Waals surface area contributed by atoms with E-state index in [9.17, 15) is 0 Å². The molecule has 0 bridgehead atoms. The zero-order chi connectivity index (χ0) is 91.9. The first-order valence-electron chi connectivity index (χ1n) is 48.4. The van der Waals surface area contributed by atoms with Gasteiger partial charge in [-0.05, 0) is 275 Å². The summed E-state index contributed by atoms with van der Waals surface area (Å²) in [5.41, 5.74) is 41.3. The van der Waals surface area contributed by atoms with E-state index in [1.54, 1.807) is 0 Å². The van der Waals surface area contributed by atoms with Crippen LogP contribution in [0.1, 0.15) is 74.9 Å². The molecular formula is C130H87N9. The van der Waals surface area contributed by atoms with Crippen LogP contribution < -0.4 is 0 Å². The molecule has 9 heteroatoms. The molecule has 30 rings (SSSR count). The molecule has 0 radical (unpaired) electrons. The molecule has 0 saturated carbocycles. The molecule has 0 amide bonds. The maximum Gasteiger partial charge on any atom is 0.240 e. The Morgan fingerprint density at radius 2 is 0.381 bits per heavy atom. The van der Waals surface area contributed by atoms with Gasteiger partial charge in [-0.1, -0.05) is 296 Å². The topological polar surface area (TPSA) is 68.2 Å². The summed E-state index contributed by atoms with van der Waals surface area (Å²) in [4.78, 5) is 17.2. The summed E-state index contributed by atoms with van der Waals surface area (Å²) in [6.45, 7) is 14.2. The highest BCUT2D eigenvalue weighted by atomic mass is 15.3. The molecule has 20 aromatic carbocycles. The van der Waals surface area contributed by atoms with Gasteiger partial charge in [0.05, 0.1) is 66.2 Å². The zero-order valence-corrected chi connectivity index (χ0v) is 77.4. The first-order chi connectivity index (χ1) is 68.2. The van der Waals surface area contributed by atoms with Gasteiger partial charge in [-0.15, -0.1) is 0 Å². The van der Waals surface area contributed by atoms with Gasteiger partial charge in [0, 0.05) is 109 Å². The molecular weight excluding hydrogens is 1690 g/mol. The van der Waals surface area contributed by atoms with E-state index in [2.05, 4.69) is 488 Å². The third kappa shape index (κ3) is 11.0. The molecule has 27 aromatic rings. The summed E-state index contributed by atoms with van der Waals surface area (Å²) in [7, 11) is 0. The highest BCUT2D eigenvalue weighted by Gasteiger charge is 2.40. The Balaban J connectivity index is 0.545. The van der Waals surface area contributed by atoms with Crippen LogP contribution in [-0.4, -0.2) is 42.4 Å². The Morgan fingerprint density at radius 1 is 0.158 bits per heavy atom. The Labute approximate surface area is 800 Å². The fraction of sp³-hybridized carbons (Fsp3) is 0.0692. The summed E-state index contributed by atoms with van der Waals surface area (Å²) in [5.74, 6) is 1.57. The molecule has 0 N–H and O–H groups in total. The number of nitrogens with zero attached hydrogens (tertiary/aromatic N) is 9. The van der Waals surface area contributed by atoms with Gasteiger partial charge in [0.1, 0.15) is 0 Å². The van der Waals surface area contributed by atoms with Crippen molar-refractivity contribution in [3.05, 3.63) is 452 Å². The predicted octanol–water partition coefficient (Wildman–Crippen LogP) is 33.2. The zero-order valence-electron chi connectivity index (χ0n) is 77.4. The Hall–Kier alpha value is -17.5. The van der Waals surface area contributed by atoms with Crippen molar-refractivity contribution in [2.24, 2.45) is 0 Å². The van der Waals surface area contributed by atoms with Crippen LogP contribution in [0.25, 0.3) is 254 Å². The quantitative estimate of drug-likeness (QED) is 0.137. The van der Waals surface area contributed by atoms with Gasteiger partial charge in [0.25, 0.3) is 0 Å². The Bertz CT molecular complexity index is 9800. The second-order valence-electron chi connectivity index (χ2n) is 40.2. The number of hydrogen-bond acceptors (Lipinski definition) is 3. The van der Waals surface area contributed by atoms with E-state index >= 15 is 0 Å². The average Bonchev–Trinajstić information content (AvgIpc) is 1.57. The summed E-state index contributed by atoms with van der Waals surface area (Å²) < 4.78 is 14.3. The monoisotopic (exact) mass is 1770 g/mol. The third-order valence-electron chi connectivity index (χ3n) is 31.9. The summed E-state index contributed by atoms with van der Waals surface area (Å²) in [5, 5.41) is 16.2. The minimum Gasteiger partial charge on any atom is -0.309 e. The standard InChI is InChI=1S/C130H87N9/c1-128(2)107-34-16-7-25-89(107)92-56-53-86(73-110(92)128)135-114-38-20-11-29-96(114)102-68-79(47-60-120(102)135)78-46-59-119-101(67-78)95-28-10-19-37-113(95)134(119)85-52-45-76-65-84(44-43-77(76)66-85)125-131-126(138-117-41-23-14-32-99(117)105-71-82(50-63-123(105)138)80-48-61-121-103(69-80)97-30-12-21-39-115(97)136(121)87-54-57-93-90-26-8-17-35-108(90)129(3,4)111(93)74-87)133-127(132-125)139-118-42-24-15-33-100(118)106-72-83(51-64-124(106)139)81-49-62-122-104(70-81)98-31-13-22-40-116(98)137(122)88-55-58-94-91-27-9-18-36-109(91)130(5,6)112(94)75-88/h7-75H,1-6H3. The van der Waals surface area contributed by atoms with Crippen molar-refractivity contribution in [3.63, 3.8) is 0 Å². The molecule has 0 saturated heterocycles. The van der Waals surface area contributed by atoms with Crippen LogP contribution in [0.4, 0.5) is 0 Å². The summed E-state index contributed by atoms with van der Waals surface area (Å²) in [6.07, 6.45) is 0. The fourth-order valence-corrected chi connectivity index (χ4v) is 25.1. The summed E-state index contributed by atoms with van der Waals surface area (Å²) >= 11 is 0. The van der Waals surface area contributed by atoms with Gasteiger partial charge < -0.3 is 18.3 Å². The molecule has 652 valence electrons. The number of para-hydroxylation sites is 6. The normalized spacial score (nSPS) is 13.9. The van der Waals surface area contributed by atoms with Crippen molar-refractivity contribution in [1.29, 1.82) is 0 Å². The average molecular weight is 1780 g/mol. The van der Waals surface area contributed by atoms with Crippen molar-refractivity contribution in [1.82, 2.24) is 42.4 Å². The Kier molecular flexibility index (Phi) is 15.9. The van der Waals surface area contributed by atoms with Gasteiger partial charge in [-0.2, -0.15) is 15.0 Å². The van der Waals surface area contributed by atoms with Gasteiger partial charge in [-0.25, -0.2) is 0 Å². The lowest BCUT2D eigenvalue weighted by Crippen LogP contribution is -2.15. The van der Waals surface area contributed by atoms with Crippen LogP contribution in [-0.2, 0) is 16.2 Å². The number of fused-ring (bicyclic) bond motifs is 28. The van der Waals surface area contributed by atoms with Gasteiger partial charge in [-0.3, -0.25) is 9.13 Å². The number of aromatic nitrogens is 9. The SMILES string of the molecule is CC1(C)c2ccccc2-c2ccc(-n3c4ccccc4c4cc(-c5ccc6c(c5)c5ccccc5n6-c5ccc6cc(-c7nc(-n8c9ccccc9c9cc(-c%10ccc%11c(c%10)c%10ccccc%10n%11-c%10ccc%11c(c%10)C(C)(C)c%10ccccc%10-%11)ccc98)nc(-n8c9ccccc9c9cc(-c%10ccc%11c(c%10)c%10ccccc%10n%11-c%10ccc%11c(c%10)C(C)(C)c%10ccccc%10-%11)ccc98)n7)ccc6c5)ccc43)cc21. The molecule has 139 heavy (non-hydrogen) atoms. The van der Waals surface area contributed by atoms with Crippen LogP contribution >= 0.6 is 0 Å². The van der Waals surface area contributed by atoms with E-state index in [-0.39, 0.29) is 16.2 Å². The van der Waals surface area contributed by atoms with Crippen molar-refractivity contribution in [2.45, 2.75) is 57.8 Å². The predicted molar refractivity (Wildman–Crippen MR) is 578 cm³/mol. The molecule has 7 heterocycles. The minimum atomic E-state index is -0.135. The molecule has 0 atom stereocenters. The lowest BCUT2D eigenvalue weighted by Gasteiger charge is -2.22. The van der Waals surface area contributed by atoms with E-state index in [1.165, 1.54) is 160 Å². The first kappa shape index (κ1) is 77.9. The molecule has 0 unspecified atom stereocenters. The number of rotatable bonds is 10. The van der Waals surface area contributed by atoms with Gasteiger partial charge in [0.2, 0.25) is 11.9 Å². The lowest BCUT2D eigenvalue weighted by atomic mass is 9.82. The van der Waals surface area contributed by atoms with E-state index in [0.29, 0.717) is 17.7 Å². The van der Waals surface area contributed by atoms with Crippen LogP contribution in [0.5, 0.6) is 0 Å². The Morgan fingerprint density at radius 3 is 0.691 bits per heavy atom. The van der Waals surface area contributed by atoms with E-state index in [1.807, 2.05) is 0 Å². The second kappa shape index (κ2) is 28.3. The third-order valence-corrected chi connectivity index (χ3v) is 31.9. The second-order valence-corrected chi connectivity index (χ2v) is 40.2. The van der Waals surface area contributed by atoms with Crippen molar-refractivity contribution >= 4 is 142 Å². The van der Waals surface area contributed by atoms with Crippen LogP contribution in [0.3, 0.4) is 0 Å². The number of benzene rings is 20. The van der Waals surface area contributed by atoms with Crippen molar-refractivity contribution in [3.8, 4) is 113 Å². The maximum atomic E-state index is 5.78. The van der Waals surface area contributed by atoms with Crippen LogP contribution in [0.15, 0.2) is 419 Å². The first-order valence-corrected chi connectivity index (χ1v) is 48.4. The lowest BCUT2D eigenvalue weighted by molar-refractivity contribution is 0.660.